The summed E-state index contributed by atoms with van der Waals surface area (Å²) in [7, 11) is 0. The molecule has 0 atom stereocenters. The van der Waals surface area contributed by atoms with Gasteiger partial charge < -0.3 is 5.32 Å². The molecule has 0 saturated heterocycles. The van der Waals surface area contributed by atoms with Crippen LogP contribution >= 0.6 is 0 Å². The van der Waals surface area contributed by atoms with Crippen LogP contribution in [-0.4, -0.2) is 28.2 Å². The second-order valence-corrected chi connectivity index (χ2v) is 6.20. The first kappa shape index (κ1) is 19.5. The number of alkyl halides is 2. The Kier molecular flexibility index (Phi) is 5.43. The van der Waals surface area contributed by atoms with Gasteiger partial charge in [0, 0.05) is 18.0 Å². The van der Waals surface area contributed by atoms with Gasteiger partial charge in [0.25, 0.3) is 5.91 Å². The van der Waals surface area contributed by atoms with Crippen LogP contribution in [0.5, 0.6) is 0 Å². The lowest BCUT2D eigenvalue weighted by Crippen LogP contribution is -2.45. The molecule has 1 heterocycles. The third kappa shape index (κ3) is 3.87. The van der Waals surface area contributed by atoms with E-state index in [0.717, 1.165) is 18.8 Å². The molecule has 2 amide bonds. The van der Waals surface area contributed by atoms with E-state index < -0.39 is 35.4 Å². The number of rotatable bonds is 5. The zero-order valence-corrected chi connectivity index (χ0v) is 14.3. The van der Waals surface area contributed by atoms with E-state index in [4.69, 9.17) is 0 Å². The molecule has 2 aromatic rings. The summed E-state index contributed by atoms with van der Waals surface area (Å²) in [4.78, 5) is 30.4. The normalized spacial score (nSPS) is 14.9. The number of carbonyl (C=O) groups excluding carboxylic acids is 2. The molecule has 3 N–H and O–H groups in total. The van der Waals surface area contributed by atoms with Gasteiger partial charge in [-0.3, -0.25) is 20.4 Å². The number of hydrogen-bond acceptors (Lipinski definition) is 5. The first-order valence-electron chi connectivity index (χ1n) is 8.25. The maximum atomic E-state index is 14.2. The summed E-state index contributed by atoms with van der Waals surface area (Å²) in [5.74, 6) is -3.89. The average Bonchev–Trinajstić information content (AvgIpc) is 2.63. The highest BCUT2D eigenvalue weighted by molar-refractivity contribution is 5.95. The van der Waals surface area contributed by atoms with Gasteiger partial charge in [0.1, 0.15) is 11.6 Å². The van der Waals surface area contributed by atoms with Crippen LogP contribution in [0.4, 0.5) is 23.5 Å². The second-order valence-electron chi connectivity index (χ2n) is 6.20. The average molecular weight is 397 g/mol. The number of hydrogen-bond donors (Lipinski definition) is 3. The number of carbonyl (C=O) groups is 2. The van der Waals surface area contributed by atoms with Gasteiger partial charge in [-0.05, 0) is 31.4 Å². The minimum absolute atomic E-state index is 0.0375. The quantitative estimate of drug-likeness (QED) is 0.531. The molecule has 148 valence electrons. The van der Waals surface area contributed by atoms with Crippen LogP contribution in [0.3, 0.4) is 0 Å². The Bertz CT molecular complexity index is 867. The van der Waals surface area contributed by atoms with Gasteiger partial charge in [-0.15, -0.1) is 0 Å². The van der Waals surface area contributed by atoms with Gasteiger partial charge in [-0.1, -0.05) is 6.07 Å². The largest absolute Gasteiger partial charge is 0.344 e. The van der Waals surface area contributed by atoms with Crippen molar-refractivity contribution in [1.82, 2.24) is 20.8 Å². The fourth-order valence-electron chi connectivity index (χ4n) is 2.89. The Morgan fingerprint density at radius 2 is 1.64 bits per heavy atom. The van der Waals surface area contributed by atoms with Gasteiger partial charge in [0.2, 0.25) is 5.95 Å². The number of anilines is 1. The summed E-state index contributed by atoms with van der Waals surface area (Å²) < 4.78 is 52.5. The van der Waals surface area contributed by atoms with Gasteiger partial charge in [0.05, 0.1) is 11.1 Å². The molecule has 1 saturated carbocycles. The Morgan fingerprint density at radius 1 is 1.04 bits per heavy atom. The lowest BCUT2D eigenvalue weighted by Gasteiger charge is -2.43. The summed E-state index contributed by atoms with van der Waals surface area (Å²) in [6.45, 7) is 0. The van der Waals surface area contributed by atoms with E-state index in [1.165, 1.54) is 18.2 Å². The maximum absolute atomic E-state index is 14.2. The number of amides is 2. The van der Waals surface area contributed by atoms with Crippen molar-refractivity contribution in [1.29, 1.82) is 0 Å². The summed E-state index contributed by atoms with van der Waals surface area (Å²) >= 11 is 0. The minimum Gasteiger partial charge on any atom is -0.344 e. The molecule has 1 aromatic heterocycles. The summed E-state index contributed by atoms with van der Waals surface area (Å²) in [6.07, 6.45) is 0.588. The third-order valence-corrected chi connectivity index (χ3v) is 4.41. The Morgan fingerprint density at radius 3 is 2.14 bits per heavy atom. The van der Waals surface area contributed by atoms with Crippen molar-refractivity contribution >= 4 is 17.8 Å². The SMILES string of the molecule is O=C(NNC(=O)C(F)F)c1cnc(NC2(c3c(F)cccc3F)CCC2)nc1. The second kappa shape index (κ2) is 7.79. The molecule has 1 aromatic carbocycles. The molecule has 28 heavy (non-hydrogen) atoms. The molecule has 1 fully saturated rings. The minimum atomic E-state index is -3.28. The molecule has 3 rings (SSSR count). The van der Waals surface area contributed by atoms with E-state index in [1.54, 1.807) is 10.9 Å². The molecule has 7 nitrogen and oxygen atoms in total. The van der Waals surface area contributed by atoms with Crippen LogP contribution < -0.4 is 16.2 Å². The molecular formula is C17H15F4N5O2. The summed E-state index contributed by atoms with van der Waals surface area (Å²) in [5, 5.41) is 2.92. The molecule has 0 unspecified atom stereocenters. The van der Waals surface area contributed by atoms with E-state index in [9.17, 15) is 27.2 Å². The van der Waals surface area contributed by atoms with Crippen LogP contribution in [0.2, 0.25) is 0 Å². The Hall–Kier alpha value is -3.24. The van der Waals surface area contributed by atoms with Crippen LogP contribution in [0, 0.1) is 11.6 Å². The molecule has 0 radical (unpaired) electrons. The van der Waals surface area contributed by atoms with Crippen molar-refractivity contribution in [2.45, 2.75) is 31.2 Å². The number of nitrogens with zero attached hydrogens (tertiary/aromatic N) is 2. The number of nitrogens with one attached hydrogen (secondary N) is 3. The fourth-order valence-corrected chi connectivity index (χ4v) is 2.89. The van der Waals surface area contributed by atoms with E-state index >= 15 is 0 Å². The number of benzene rings is 1. The van der Waals surface area contributed by atoms with E-state index in [-0.39, 0.29) is 17.1 Å². The Balaban J connectivity index is 1.71. The first-order chi connectivity index (χ1) is 13.3. The number of halogens is 4. The van der Waals surface area contributed by atoms with Crippen LogP contribution in [0.15, 0.2) is 30.6 Å². The standard InChI is InChI=1S/C17H15F4N5O2/c18-10-3-1-4-11(19)12(10)17(5-2-6-17)24-16-22-7-9(8-23-16)14(27)25-26-15(28)13(20)21/h1,3-4,7-8,13H,2,5-6H2,(H,25,27)(H,26,28)(H,22,23,24). The number of aromatic nitrogens is 2. The number of hydrazine groups is 1. The smallest absolute Gasteiger partial charge is 0.317 e. The predicted molar refractivity (Wildman–Crippen MR) is 89.2 cm³/mol. The highest BCUT2D eigenvalue weighted by Gasteiger charge is 2.43. The van der Waals surface area contributed by atoms with Crippen molar-refractivity contribution in [3.63, 3.8) is 0 Å². The molecule has 0 aliphatic heterocycles. The fraction of sp³-hybridized carbons (Fsp3) is 0.294. The zero-order valence-electron chi connectivity index (χ0n) is 14.3. The van der Waals surface area contributed by atoms with E-state index in [0.29, 0.717) is 12.8 Å². The Labute approximate surface area is 156 Å². The summed E-state index contributed by atoms with van der Waals surface area (Å²) in [6, 6.07) is 3.61. The molecule has 0 spiro atoms. The van der Waals surface area contributed by atoms with Crippen molar-refractivity contribution in [3.05, 3.63) is 53.4 Å². The highest BCUT2D eigenvalue weighted by atomic mass is 19.3. The van der Waals surface area contributed by atoms with Crippen LogP contribution in [0.25, 0.3) is 0 Å². The van der Waals surface area contributed by atoms with E-state index in [1.807, 2.05) is 0 Å². The molecule has 1 aliphatic carbocycles. The predicted octanol–water partition coefficient (Wildman–Crippen LogP) is 2.27. The van der Waals surface area contributed by atoms with Gasteiger partial charge in [-0.25, -0.2) is 18.7 Å². The zero-order chi connectivity index (χ0) is 20.3. The summed E-state index contributed by atoms with van der Waals surface area (Å²) in [5.41, 5.74) is 2.13. The van der Waals surface area contributed by atoms with Gasteiger partial charge >= 0.3 is 12.3 Å². The third-order valence-electron chi connectivity index (χ3n) is 4.41. The van der Waals surface area contributed by atoms with Crippen molar-refractivity contribution in [3.8, 4) is 0 Å². The first-order valence-corrected chi connectivity index (χ1v) is 8.25. The molecule has 0 bridgehead atoms. The van der Waals surface area contributed by atoms with Crippen LogP contribution in [0.1, 0.15) is 35.2 Å². The van der Waals surface area contributed by atoms with Crippen molar-refractivity contribution in [2.24, 2.45) is 0 Å². The lowest BCUT2D eigenvalue weighted by atomic mass is 9.71. The van der Waals surface area contributed by atoms with Gasteiger partial charge in [0.15, 0.2) is 0 Å². The molecule has 11 heteroatoms. The highest BCUT2D eigenvalue weighted by Crippen LogP contribution is 2.45. The van der Waals surface area contributed by atoms with E-state index in [2.05, 4.69) is 15.3 Å². The monoisotopic (exact) mass is 397 g/mol. The lowest BCUT2D eigenvalue weighted by molar-refractivity contribution is -0.132. The topological polar surface area (TPSA) is 96.0 Å². The van der Waals surface area contributed by atoms with Crippen LogP contribution in [-0.2, 0) is 10.3 Å². The van der Waals surface area contributed by atoms with Crippen molar-refractivity contribution < 1.29 is 27.2 Å². The molecular weight excluding hydrogens is 382 g/mol. The maximum Gasteiger partial charge on any atom is 0.317 e. The van der Waals surface area contributed by atoms with Gasteiger partial charge in [-0.2, -0.15) is 8.78 Å². The molecule has 1 aliphatic rings. The van der Waals surface area contributed by atoms with Crippen molar-refractivity contribution in [2.75, 3.05) is 5.32 Å².